The van der Waals surface area contributed by atoms with Crippen LogP contribution in [0.3, 0.4) is 0 Å². The average Bonchev–Trinajstić information content (AvgIpc) is 2.87. The molecule has 0 heterocycles. The minimum atomic E-state index is 0.0636. The fraction of sp³-hybridized carbons (Fsp3) is 0.632. The van der Waals surface area contributed by atoms with Crippen LogP contribution in [0.1, 0.15) is 45.3 Å². The van der Waals surface area contributed by atoms with Gasteiger partial charge in [-0.25, -0.2) is 0 Å². The molecule has 0 radical (unpaired) electrons. The predicted octanol–water partition coefficient (Wildman–Crippen LogP) is 4.57. The van der Waals surface area contributed by atoms with Gasteiger partial charge in [-0.3, -0.25) is 0 Å². The second kappa shape index (κ2) is 6.23. The first-order chi connectivity index (χ1) is 11.0. The Hall–Kier alpha value is -0.831. The Bertz CT molecular complexity index is 586. The molecular formula is C19H27NO2Se. The van der Waals surface area contributed by atoms with Crippen molar-refractivity contribution in [2.24, 2.45) is 21.9 Å². The van der Waals surface area contributed by atoms with E-state index in [1.807, 2.05) is 6.07 Å². The quantitative estimate of drug-likeness (QED) is 0.462. The van der Waals surface area contributed by atoms with Gasteiger partial charge >= 0.3 is 145 Å². The van der Waals surface area contributed by atoms with Crippen LogP contribution >= 0.6 is 0 Å². The fourth-order valence-electron chi connectivity index (χ4n) is 4.55. The van der Waals surface area contributed by atoms with Crippen LogP contribution in [-0.2, 0) is 4.74 Å². The van der Waals surface area contributed by atoms with E-state index >= 15 is 0 Å². The third-order valence-corrected chi connectivity index (χ3v) is 9.45. The van der Waals surface area contributed by atoms with E-state index in [2.05, 4.69) is 50.2 Å². The Balaban J connectivity index is 1.76. The van der Waals surface area contributed by atoms with Crippen LogP contribution in [0.25, 0.3) is 0 Å². The summed E-state index contributed by atoms with van der Waals surface area (Å²) in [5.74, 6) is 0.645. The van der Waals surface area contributed by atoms with Crippen LogP contribution in [0.2, 0.25) is 10.1 Å². The average molecular weight is 380 g/mol. The predicted molar refractivity (Wildman–Crippen MR) is 94.3 cm³/mol. The summed E-state index contributed by atoms with van der Waals surface area (Å²) in [5, 5.41) is 14.5. The molecule has 0 amide bonds. The van der Waals surface area contributed by atoms with Crippen LogP contribution in [0, 0.1) is 16.7 Å². The van der Waals surface area contributed by atoms with Crippen molar-refractivity contribution in [1.29, 1.82) is 0 Å². The molecule has 2 bridgehead atoms. The van der Waals surface area contributed by atoms with E-state index in [0.29, 0.717) is 25.7 Å². The van der Waals surface area contributed by atoms with E-state index in [-0.39, 0.29) is 16.9 Å². The molecule has 23 heavy (non-hydrogen) atoms. The van der Waals surface area contributed by atoms with Crippen LogP contribution in [0.15, 0.2) is 35.5 Å². The maximum absolute atomic E-state index is 9.66. The van der Waals surface area contributed by atoms with Crippen LogP contribution in [0.4, 0.5) is 0 Å². The molecule has 0 saturated heterocycles. The number of ether oxygens (including phenoxy) is 1. The molecule has 4 atom stereocenters. The van der Waals surface area contributed by atoms with E-state index in [4.69, 9.17) is 4.74 Å². The molecule has 2 saturated carbocycles. The first kappa shape index (κ1) is 17.0. The van der Waals surface area contributed by atoms with Gasteiger partial charge in [-0.15, -0.1) is 0 Å². The second-order valence-electron chi connectivity index (χ2n) is 7.57. The summed E-state index contributed by atoms with van der Waals surface area (Å²) in [6.07, 6.45) is 2.56. The number of methoxy groups -OCH3 is 1. The van der Waals surface area contributed by atoms with Gasteiger partial charge in [0.2, 0.25) is 0 Å². The Kier molecular flexibility index (Phi) is 4.61. The zero-order chi connectivity index (χ0) is 16.7. The number of fused-ring (bicyclic) bond motifs is 2. The number of hydrogen-bond donors (Lipinski definition) is 1. The molecule has 2 fully saturated rings. The standard InChI is InChI=1S/C19H27NO2Se/c1-18(2)14-10-11-19(18,3)17(20-21)16(14)23-12-15(22-4)13-8-6-5-7-9-13/h5-9,14-16,21H,10-12H2,1-4H3/b20-17+/t14?,15?,16-,19+/m1/s1. The van der Waals surface area contributed by atoms with Crippen molar-refractivity contribution in [2.45, 2.75) is 49.9 Å². The van der Waals surface area contributed by atoms with E-state index < -0.39 is 0 Å². The van der Waals surface area contributed by atoms with Gasteiger partial charge in [-0.05, 0) is 0 Å². The molecule has 0 spiro atoms. The maximum atomic E-state index is 9.66. The van der Waals surface area contributed by atoms with Crippen molar-refractivity contribution in [3.8, 4) is 0 Å². The van der Waals surface area contributed by atoms with E-state index in [1.54, 1.807) is 7.11 Å². The van der Waals surface area contributed by atoms with Crippen molar-refractivity contribution in [3.05, 3.63) is 35.9 Å². The monoisotopic (exact) mass is 381 g/mol. The molecule has 0 aromatic heterocycles. The Morgan fingerprint density at radius 2 is 2.00 bits per heavy atom. The van der Waals surface area contributed by atoms with Crippen molar-refractivity contribution < 1.29 is 9.94 Å². The second-order valence-corrected chi connectivity index (χ2v) is 10.0. The van der Waals surface area contributed by atoms with E-state index in [0.717, 1.165) is 17.5 Å². The topological polar surface area (TPSA) is 41.8 Å². The summed E-state index contributed by atoms with van der Waals surface area (Å²) in [6.45, 7) is 7.01. The first-order valence-corrected chi connectivity index (χ1v) is 10.6. The van der Waals surface area contributed by atoms with Gasteiger partial charge in [-0.2, -0.15) is 0 Å². The summed E-state index contributed by atoms with van der Waals surface area (Å²) in [6, 6.07) is 10.4. The van der Waals surface area contributed by atoms with Gasteiger partial charge in [-0.1, -0.05) is 0 Å². The molecule has 2 aliphatic carbocycles. The number of rotatable bonds is 5. The third-order valence-electron chi connectivity index (χ3n) is 6.50. The fourth-order valence-corrected chi connectivity index (χ4v) is 8.50. The Morgan fingerprint density at radius 1 is 1.30 bits per heavy atom. The van der Waals surface area contributed by atoms with Gasteiger partial charge in [0.25, 0.3) is 0 Å². The zero-order valence-electron chi connectivity index (χ0n) is 14.5. The van der Waals surface area contributed by atoms with Gasteiger partial charge in [0.15, 0.2) is 0 Å². The summed E-state index contributed by atoms with van der Waals surface area (Å²) < 4.78 is 5.74. The number of hydrogen-bond acceptors (Lipinski definition) is 3. The molecule has 1 N–H and O–H groups in total. The Morgan fingerprint density at radius 3 is 2.61 bits per heavy atom. The number of nitrogens with zero attached hydrogens (tertiary/aromatic N) is 1. The molecule has 126 valence electrons. The molecule has 2 unspecified atom stereocenters. The summed E-state index contributed by atoms with van der Waals surface area (Å²) in [5.41, 5.74) is 2.60. The van der Waals surface area contributed by atoms with Crippen LogP contribution in [0.5, 0.6) is 0 Å². The van der Waals surface area contributed by atoms with Gasteiger partial charge in [0, 0.05) is 0 Å². The van der Waals surface area contributed by atoms with E-state index in [9.17, 15) is 5.21 Å². The Labute approximate surface area is 145 Å². The molecule has 4 heteroatoms. The van der Waals surface area contributed by atoms with Crippen LogP contribution in [-0.4, -0.2) is 33.0 Å². The summed E-state index contributed by atoms with van der Waals surface area (Å²) in [7, 11) is 1.79. The molecule has 3 nitrogen and oxygen atoms in total. The molecule has 3 rings (SSSR count). The van der Waals surface area contributed by atoms with Crippen molar-refractivity contribution in [1.82, 2.24) is 0 Å². The molecule has 1 aromatic rings. The zero-order valence-corrected chi connectivity index (χ0v) is 16.2. The SMILES string of the molecule is COC(C[Se][C@H]1/C(=N\O)[C@]2(C)CCC1C2(C)C)c1ccccc1. The van der Waals surface area contributed by atoms with Gasteiger partial charge in [0.05, 0.1) is 0 Å². The molecular weight excluding hydrogens is 353 g/mol. The van der Waals surface area contributed by atoms with E-state index in [1.165, 1.54) is 12.0 Å². The number of benzene rings is 1. The first-order valence-electron chi connectivity index (χ1n) is 8.37. The van der Waals surface area contributed by atoms with Gasteiger partial charge < -0.3 is 0 Å². The third kappa shape index (κ3) is 2.56. The summed E-state index contributed by atoms with van der Waals surface area (Å²) >= 11 is 0.373. The molecule has 1 aromatic carbocycles. The van der Waals surface area contributed by atoms with Gasteiger partial charge in [0.1, 0.15) is 0 Å². The normalized spacial score (nSPS) is 34.9. The number of oxime groups is 1. The van der Waals surface area contributed by atoms with Crippen molar-refractivity contribution >= 4 is 20.7 Å². The van der Waals surface area contributed by atoms with Crippen LogP contribution < -0.4 is 0 Å². The van der Waals surface area contributed by atoms with Crippen molar-refractivity contribution in [2.75, 3.05) is 7.11 Å². The van der Waals surface area contributed by atoms with Crippen molar-refractivity contribution in [3.63, 3.8) is 0 Å². The molecule has 0 aliphatic heterocycles. The summed E-state index contributed by atoms with van der Waals surface area (Å²) in [4.78, 5) is 0.447. The molecule has 2 aliphatic rings. The minimum absolute atomic E-state index is 0.0636.